The van der Waals surface area contributed by atoms with Gasteiger partial charge in [-0.05, 0) is 12.3 Å². The Kier molecular flexibility index (Phi) is 2.32. The first-order valence-electron chi connectivity index (χ1n) is 5.50. The number of rotatable bonds is 3. The summed E-state index contributed by atoms with van der Waals surface area (Å²) in [7, 11) is 1.61. The van der Waals surface area contributed by atoms with Crippen LogP contribution in [0.5, 0.6) is 0 Å². The van der Waals surface area contributed by atoms with Crippen LogP contribution >= 0.6 is 0 Å². The molecule has 0 N–H and O–H groups in total. The van der Waals surface area contributed by atoms with Gasteiger partial charge in [-0.25, -0.2) is 4.99 Å². The van der Waals surface area contributed by atoms with E-state index in [4.69, 9.17) is 14.2 Å². The Morgan fingerprint density at radius 2 is 2.20 bits per heavy atom. The summed E-state index contributed by atoms with van der Waals surface area (Å²) in [6, 6.07) is 0. The summed E-state index contributed by atoms with van der Waals surface area (Å²) in [6.45, 7) is 8.20. The molecule has 0 bridgehead atoms. The van der Waals surface area contributed by atoms with Crippen molar-refractivity contribution < 1.29 is 14.2 Å². The smallest absolute Gasteiger partial charge is 0.357 e. The van der Waals surface area contributed by atoms with Gasteiger partial charge in [-0.3, -0.25) is 0 Å². The van der Waals surface area contributed by atoms with Gasteiger partial charge in [0.25, 0.3) is 0 Å². The summed E-state index contributed by atoms with van der Waals surface area (Å²) >= 11 is 0. The van der Waals surface area contributed by atoms with Gasteiger partial charge in [0.2, 0.25) is 0 Å². The first-order valence-corrected chi connectivity index (χ1v) is 5.50. The molecule has 2 aliphatic heterocycles. The lowest BCUT2D eigenvalue weighted by molar-refractivity contribution is -0.466. The zero-order valence-corrected chi connectivity index (χ0v) is 10.0. The second-order valence-electron chi connectivity index (χ2n) is 4.55. The van der Waals surface area contributed by atoms with E-state index >= 15 is 0 Å². The quantitative estimate of drug-likeness (QED) is 0.719. The third-order valence-electron chi connectivity index (χ3n) is 3.34. The van der Waals surface area contributed by atoms with Gasteiger partial charge in [0.1, 0.15) is 6.10 Å². The summed E-state index contributed by atoms with van der Waals surface area (Å²) in [5, 5.41) is 0. The Labute approximate surface area is 90.6 Å². The van der Waals surface area contributed by atoms with Gasteiger partial charge in [0.05, 0.1) is 0 Å². The molecule has 0 aromatic heterocycles. The molecule has 2 rings (SSSR count). The Balaban J connectivity index is 2.35. The van der Waals surface area contributed by atoms with E-state index in [0.717, 1.165) is 6.42 Å². The molecule has 0 spiro atoms. The van der Waals surface area contributed by atoms with Gasteiger partial charge < -0.3 is 14.2 Å². The molecule has 4 heteroatoms. The Bertz CT molecular complexity index is 302. The number of hydrogen-bond acceptors (Lipinski definition) is 4. The molecule has 4 nitrogen and oxygen atoms in total. The molecule has 0 aliphatic carbocycles. The third-order valence-corrected chi connectivity index (χ3v) is 3.34. The van der Waals surface area contributed by atoms with Crippen molar-refractivity contribution in [1.82, 2.24) is 0 Å². The van der Waals surface area contributed by atoms with Crippen LogP contribution in [0.15, 0.2) is 4.99 Å². The molecule has 3 atom stereocenters. The average molecular weight is 213 g/mol. The molecule has 86 valence electrons. The predicted octanol–water partition coefficient (Wildman–Crippen LogP) is 1.94. The molecule has 1 fully saturated rings. The van der Waals surface area contributed by atoms with Crippen LogP contribution in [0, 0.1) is 5.92 Å². The highest BCUT2D eigenvalue weighted by molar-refractivity contribution is 5.76. The molecular weight excluding hydrogens is 194 g/mol. The highest BCUT2D eigenvalue weighted by Gasteiger charge is 2.74. The molecule has 0 saturated carbocycles. The van der Waals surface area contributed by atoms with Crippen LogP contribution < -0.4 is 0 Å². The second kappa shape index (κ2) is 3.19. The fourth-order valence-corrected chi connectivity index (χ4v) is 2.68. The molecule has 0 aromatic carbocycles. The highest BCUT2D eigenvalue weighted by Crippen LogP contribution is 2.55. The van der Waals surface area contributed by atoms with Crippen molar-refractivity contribution in [2.24, 2.45) is 10.9 Å². The van der Waals surface area contributed by atoms with Crippen molar-refractivity contribution in [3.8, 4) is 0 Å². The lowest BCUT2D eigenvalue weighted by Gasteiger charge is -2.55. The minimum atomic E-state index is -0.958. The standard InChI is InChI=1S/C11H19NO3/c1-6-10-9(7(2)3)15-11(10,13-5)14-8(4)12-10/h7,9H,6H2,1-5H3/t9-,10-,11-/m0/s1. The minimum Gasteiger partial charge on any atom is -0.424 e. The van der Waals surface area contributed by atoms with Crippen LogP contribution in [0.2, 0.25) is 0 Å². The van der Waals surface area contributed by atoms with Crippen molar-refractivity contribution in [3.63, 3.8) is 0 Å². The van der Waals surface area contributed by atoms with E-state index in [0.29, 0.717) is 11.8 Å². The van der Waals surface area contributed by atoms with E-state index in [1.54, 1.807) is 7.11 Å². The summed E-state index contributed by atoms with van der Waals surface area (Å²) in [5.74, 6) is 0.106. The molecular formula is C11H19NO3. The van der Waals surface area contributed by atoms with Gasteiger partial charge in [-0.2, -0.15) is 0 Å². The zero-order valence-electron chi connectivity index (χ0n) is 10.0. The maximum absolute atomic E-state index is 5.77. The lowest BCUT2D eigenvalue weighted by Crippen LogP contribution is -2.74. The summed E-state index contributed by atoms with van der Waals surface area (Å²) in [5.41, 5.74) is -0.347. The van der Waals surface area contributed by atoms with Gasteiger partial charge in [0.15, 0.2) is 11.4 Å². The normalized spacial score (nSPS) is 43.3. The SMILES string of the molecule is CC[C@@]12N=C(C)O[C@]1(OC)O[C@H]2C(C)C. The first-order chi connectivity index (χ1) is 7.01. The summed E-state index contributed by atoms with van der Waals surface area (Å²) in [6.07, 6.45) is 0.945. The summed E-state index contributed by atoms with van der Waals surface area (Å²) < 4.78 is 16.7. The van der Waals surface area contributed by atoms with Crippen molar-refractivity contribution in [2.75, 3.05) is 7.11 Å². The van der Waals surface area contributed by atoms with Crippen LogP contribution in [0.1, 0.15) is 34.1 Å². The third kappa shape index (κ3) is 1.12. The van der Waals surface area contributed by atoms with Crippen molar-refractivity contribution in [2.45, 2.75) is 51.7 Å². The Hall–Kier alpha value is -0.610. The molecule has 0 amide bonds. The monoisotopic (exact) mass is 213 g/mol. The van der Waals surface area contributed by atoms with Crippen molar-refractivity contribution in [1.29, 1.82) is 0 Å². The number of nitrogens with zero attached hydrogens (tertiary/aromatic N) is 1. The average Bonchev–Trinajstić information content (AvgIpc) is 2.38. The lowest BCUT2D eigenvalue weighted by atomic mass is 9.76. The van der Waals surface area contributed by atoms with Crippen molar-refractivity contribution >= 4 is 5.90 Å². The second-order valence-corrected chi connectivity index (χ2v) is 4.55. The fourth-order valence-electron chi connectivity index (χ4n) is 2.68. The van der Waals surface area contributed by atoms with E-state index in [9.17, 15) is 0 Å². The topological polar surface area (TPSA) is 40.0 Å². The van der Waals surface area contributed by atoms with Crippen LogP contribution in [0.4, 0.5) is 0 Å². The maximum atomic E-state index is 5.77. The van der Waals surface area contributed by atoms with E-state index in [1.807, 2.05) is 6.92 Å². The van der Waals surface area contributed by atoms with E-state index in [1.165, 1.54) is 0 Å². The number of hydrogen-bond donors (Lipinski definition) is 0. The highest BCUT2D eigenvalue weighted by atomic mass is 16.9. The largest absolute Gasteiger partial charge is 0.424 e. The minimum absolute atomic E-state index is 0.0832. The molecule has 2 heterocycles. The van der Waals surface area contributed by atoms with Gasteiger partial charge in [-0.1, -0.05) is 20.8 Å². The van der Waals surface area contributed by atoms with Crippen LogP contribution in [-0.4, -0.2) is 30.6 Å². The zero-order chi connectivity index (χ0) is 11.3. The van der Waals surface area contributed by atoms with Crippen molar-refractivity contribution in [3.05, 3.63) is 0 Å². The molecule has 15 heavy (non-hydrogen) atoms. The Morgan fingerprint density at radius 1 is 1.53 bits per heavy atom. The van der Waals surface area contributed by atoms with E-state index in [2.05, 4.69) is 25.8 Å². The van der Waals surface area contributed by atoms with Crippen LogP contribution in [0.3, 0.4) is 0 Å². The van der Waals surface area contributed by atoms with Crippen LogP contribution in [-0.2, 0) is 14.2 Å². The molecule has 1 saturated heterocycles. The molecule has 0 unspecified atom stereocenters. The van der Waals surface area contributed by atoms with Gasteiger partial charge >= 0.3 is 5.97 Å². The molecule has 0 radical (unpaired) electrons. The number of ether oxygens (including phenoxy) is 3. The predicted molar refractivity (Wildman–Crippen MR) is 56.7 cm³/mol. The maximum Gasteiger partial charge on any atom is 0.357 e. The first kappa shape index (κ1) is 10.9. The number of fused-ring (bicyclic) bond motifs is 1. The van der Waals surface area contributed by atoms with E-state index < -0.39 is 5.97 Å². The fraction of sp³-hybridized carbons (Fsp3) is 0.909. The molecule has 0 aromatic rings. The number of methoxy groups -OCH3 is 1. The Morgan fingerprint density at radius 3 is 2.67 bits per heavy atom. The van der Waals surface area contributed by atoms with E-state index in [-0.39, 0.29) is 11.6 Å². The van der Waals surface area contributed by atoms with Gasteiger partial charge in [0, 0.05) is 14.0 Å². The van der Waals surface area contributed by atoms with Crippen LogP contribution in [0.25, 0.3) is 0 Å². The van der Waals surface area contributed by atoms with Gasteiger partial charge in [-0.15, -0.1) is 0 Å². The number of aliphatic imine (C=N–C) groups is 1. The summed E-state index contributed by atoms with van der Waals surface area (Å²) in [4.78, 5) is 4.60. The molecule has 2 aliphatic rings.